The van der Waals surface area contributed by atoms with Crippen molar-refractivity contribution in [1.82, 2.24) is 0 Å². The van der Waals surface area contributed by atoms with E-state index in [2.05, 4.69) is 0 Å². The first kappa shape index (κ1) is 11.4. The van der Waals surface area contributed by atoms with Crippen LogP contribution in [0, 0.1) is 10.1 Å². The molecule has 0 amide bonds. The molecule has 1 aromatic rings. The van der Waals surface area contributed by atoms with E-state index >= 15 is 0 Å². The van der Waals surface area contributed by atoms with Gasteiger partial charge in [0, 0.05) is 18.7 Å². The average molecular weight is 185 g/mol. The second kappa shape index (κ2) is 5.96. The first-order valence-electron chi connectivity index (χ1n) is 3.66. The van der Waals surface area contributed by atoms with Crippen molar-refractivity contribution < 1.29 is 15.1 Å². The van der Waals surface area contributed by atoms with Gasteiger partial charge in [0.2, 0.25) is 0 Å². The Morgan fingerprint density at radius 2 is 1.77 bits per heavy atom. The third-order valence-electron chi connectivity index (χ3n) is 1.06. The number of nitro groups is 1. The third kappa shape index (κ3) is 4.76. The maximum atomic E-state index is 10.0. The van der Waals surface area contributed by atoms with E-state index in [0.29, 0.717) is 0 Å². The zero-order valence-electron chi connectivity index (χ0n) is 7.17. The highest BCUT2D eigenvalue weighted by molar-refractivity contribution is 5.34. The lowest BCUT2D eigenvalue weighted by Gasteiger charge is -1.89. The van der Waals surface area contributed by atoms with Crippen molar-refractivity contribution in [3.05, 3.63) is 34.4 Å². The van der Waals surface area contributed by atoms with Crippen LogP contribution < -0.4 is 0 Å². The SMILES string of the molecule is CCO.O=[N+]([O-])c1ccc(O)cc1. The molecule has 2 N–H and O–H groups in total. The standard InChI is InChI=1S/C6H5NO3.C2H6O/c8-6-3-1-5(2-4-6)7(9)10;1-2-3/h1-4,8H;3H,2H2,1H3. The van der Waals surface area contributed by atoms with Gasteiger partial charge in [0.1, 0.15) is 5.75 Å². The van der Waals surface area contributed by atoms with Gasteiger partial charge in [0.05, 0.1) is 4.92 Å². The van der Waals surface area contributed by atoms with E-state index in [4.69, 9.17) is 10.2 Å². The van der Waals surface area contributed by atoms with Crippen molar-refractivity contribution in [1.29, 1.82) is 0 Å². The number of aliphatic hydroxyl groups excluding tert-OH is 1. The van der Waals surface area contributed by atoms with Gasteiger partial charge in [-0.15, -0.1) is 0 Å². The Morgan fingerprint density at radius 1 is 1.38 bits per heavy atom. The zero-order valence-corrected chi connectivity index (χ0v) is 7.17. The topological polar surface area (TPSA) is 83.6 Å². The minimum atomic E-state index is -0.514. The lowest BCUT2D eigenvalue weighted by molar-refractivity contribution is -0.384. The fourth-order valence-corrected chi connectivity index (χ4v) is 0.574. The number of non-ortho nitro benzene ring substituents is 1. The summed E-state index contributed by atoms with van der Waals surface area (Å²) in [7, 11) is 0. The van der Waals surface area contributed by atoms with Crippen LogP contribution in [0.3, 0.4) is 0 Å². The molecule has 0 aliphatic heterocycles. The molecule has 5 heteroatoms. The van der Waals surface area contributed by atoms with Crippen molar-refractivity contribution in [2.75, 3.05) is 6.61 Å². The Morgan fingerprint density at radius 3 is 2.08 bits per heavy atom. The summed E-state index contributed by atoms with van der Waals surface area (Å²) in [6.45, 7) is 1.93. The molecule has 0 aliphatic carbocycles. The highest BCUT2D eigenvalue weighted by Crippen LogP contribution is 2.14. The molecule has 0 spiro atoms. The Balaban J connectivity index is 0.000000424. The van der Waals surface area contributed by atoms with Crippen LogP contribution in [0.5, 0.6) is 5.75 Å². The van der Waals surface area contributed by atoms with Crippen LogP contribution in [0.25, 0.3) is 0 Å². The van der Waals surface area contributed by atoms with Crippen LogP contribution in [0.4, 0.5) is 5.69 Å². The largest absolute Gasteiger partial charge is 0.508 e. The lowest BCUT2D eigenvalue weighted by Crippen LogP contribution is -1.85. The summed E-state index contributed by atoms with van der Waals surface area (Å²) < 4.78 is 0. The number of hydrogen-bond donors (Lipinski definition) is 2. The fourth-order valence-electron chi connectivity index (χ4n) is 0.574. The zero-order chi connectivity index (χ0) is 10.3. The van der Waals surface area contributed by atoms with Gasteiger partial charge in [0.25, 0.3) is 5.69 Å². The highest BCUT2D eigenvalue weighted by Gasteiger charge is 2.01. The number of rotatable bonds is 1. The number of aliphatic hydroxyl groups is 1. The molecule has 72 valence electrons. The van der Waals surface area contributed by atoms with Gasteiger partial charge in [0.15, 0.2) is 0 Å². The fraction of sp³-hybridized carbons (Fsp3) is 0.250. The first-order valence-corrected chi connectivity index (χ1v) is 3.66. The number of phenols is 1. The number of nitrogens with zero attached hydrogens (tertiary/aromatic N) is 1. The van der Waals surface area contributed by atoms with Gasteiger partial charge in [-0.25, -0.2) is 0 Å². The molecule has 0 heterocycles. The van der Waals surface area contributed by atoms with Crippen molar-refractivity contribution in [2.45, 2.75) is 6.92 Å². The van der Waals surface area contributed by atoms with E-state index in [1.807, 2.05) is 0 Å². The van der Waals surface area contributed by atoms with Crippen LogP contribution in [0.1, 0.15) is 6.92 Å². The van der Waals surface area contributed by atoms with Gasteiger partial charge in [-0.1, -0.05) is 0 Å². The van der Waals surface area contributed by atoms with Gasteiger partial charge in [-0.05, 0) is 19.1 Å². The molecule has 1 aromatic carbocycles. The number of hydrogen-bond acceptors (Lipinski definition) is 4. The van der Waals surface area contributed by atoms with Gasteiger partial charge < -0.3 is 10.2 Å². The molecule has 0 aliphatic rings. The van der Waals surface area contributed by atoms with E-state index in [-0.39, 0.29) is 18.0 Å². The van der Waals surface area contributed by atoms with Crippen molar-refractivity contribution in [3.63, 3.8) is 0 Å². The lowest BCUT2D eigenvalue weighted by atomic mass is 10.3. The molecule has 0 atom stereocenters. The average Bonchev–Trinajstić information content (AvgIpc) is 2.06. The molecule has 0 saturated heterocycles. The molecular formula is C8H11NO4. The minimum Gasteiger partial charge on any atom is -0.508 e. The molecular weight excluding hydrogens is 174 g/mol. The smallest absolute Gasteiger partial charge is 0.269 e. The molecule has 0 unspecified atom stereocenters. The Kier molecular flexibility index (Phi) is 5.22. The molecule has 1 rings (SSSR count). The van der Waals surface area contributed by atoms with Crippen LogP contribution in [0.2, 0.25) is 0 Å². The van der Waals surface area contributed by atoms with Gasteiger partial charge >= 0.3 is 0 Å². The summed E-state index contributed by atoms with van der Waals surface area (Å²) in [5.74, 6) is 0.0330. The summed E-state index contributed by atoms with van der Waals surface area (Å²) in [4.78, 5) is 9.52. The molecule has 0 radical (unpaired) electrons. The van der Waals surface area contributed by atoms with Crippen molar-refractivity contribution in [3.8, 4) is 5.75 Å². The van der Waals surface area contributed by atoms with Gasteiger partial charge in [-0.3, -0.25) is 10.1 Å². The van der Waals surface area contributed by atoms with E-state index in [9.17, 15) is 10.1 Å². The minimum absolute atomic E-state index is 0.0159. The number of phenolic OH excluding ortho intramolecular Hbond substituents is 1. The quantitative estimate of drug-likeness (QED) is 0.510. The van der Waals surface area contributed by atoms with Crippen LogP contribution in [0.15, 0.2) is 24.3 Å². The number of benzene rings is 1. The molecule has 5 nitrogen and oxygen atoms in total. The third-order valence-corrected chi connectivity index (χ3v) is 1.06. The molecule has 0 fully saturated rings. The summed E-state index contributed by atoms with van der Waals surface area (Å²) in [5.41, 5.74) is -0.0159. The van der Waals surface area contributed by atoms with E-state index < -0.39 is 4.92 Å². The maximum absolute atomic E-state index is 10.0. The Labute approximate surface area is 75.4 Å². The van der Waals surface area contributed by atoms with E-state index in [1.165, 1.54) is 24.3 Å². The first-order chi connectivity index (χ1) is 6.11. The normalized spacial score (nSPS) is 8.46. The molecule has 13 heavy (non-hydrogen) atoms. The van der Waals surface area contributed by atoms with Crippen molar-refractivity contribution in [2.24, 2.45) is 0 Å². The van der Waals surface area contributed by atoms with E-state index in [0.717, 1.165) is 0 Å². The second-order valence-corrected chi connectivity index (χ2v) is 2.09. The summed E-state index contributed by atoms with van der Waals surface area (Å²) in [5, 5.41) is 26.3. The Hall–Kier alpha value is -1.62. The highest BCUT2D eigenvalue weighted by atomic mass is 16.6. The van der Waals surface area contributed by atoms with Crippen LogP contribution in [-0.4, -0.2) is 21.7 Å². The maximum Gasteiger partial charge on any atom is 0.269 e. The summed E-state index contributed by atoms with van der Waals surface area (Å²) in [6.07, 6.45) is 0. The second-order valence-electron chi connectivity index (χ2n) is 2.09. The predicted molar refractivity (Wildman–Crippen MR) is 47.5 cm³/mol. The van der Waals surface area contributed by atoms with E-state index in [1.54, 1.807) is 6.92 Å². The van der Waals surface area contributed by atoms with Crippen LogP contribution >= 0.6 is 0 Å². The summed E-state index contributed by atoms with van der Waals surface area (Å²) >= 11 is 0. The summed E-state index contributed by atoms with van der Waals surface area (Å²) in [6, 6.07) is 5.04. The molecule has 0 saturated carbocycles. The Bertz CT molecular complexity index is 257. The molecule has 0 aromatic heterocycles. The monoisotopic (exact) mass is 185 g/mol. The number of nitro benzene ring substituents is 1. The molecule has 0 bridgehead atoms. The predicted octanol–water partition coefficient (Wildman–Crippen LogP) is 1.30. The van der Waals surface area contributed by atoms with Crippen LogP contribution in [-0.2, 0) is 0 Å². The van der Waals surface area contributed by atoms with Gasteiger partial charge in [-0.2, -0.15) is 0 Å². The van der Waals surface area contributed by atoms with Crippen molar-refractivity contribution >= 4 is 5.69 Å². The number of aromatic hydroxyl groups is 1.